The Labute approximate surface area is 151 Å². The minimum atomic E-state index is -4.17. The molecule has 0 heterocycles. The first-order valence-electron chi connectivity index (χ1n) is 7.51. The lowest BCUT2D eigenvalue weighted by Gasteiger charge is -2.12. The van der Waals surface area contributed by atoms with Crippen molar-refractivity contribution in [3.63, 3.8) is 0 Å². The average Bonchev–Trinajstić information content (AvgIpc) is 2.65. The molecule has 2 rings (SSSR count). The van der Waals surface area contributed by atoms with Crippen molar-refractivity contribution in [1.82, 2.24) is 10.3 Å². The molecule has 138 valence electrons. The number of rotatable bonds is 7. The fourth-order valence-electron chi connectivity index (χ4n) is 2.06. The predicted molar refractivity (Wildman–Crippen MR) is 92.9 cm³/mol. The van der Waals surface area contributed by atoms with Crippen LogP contribution in [-0.2, 0) is 19.6 Å². The molecular weight excluding hydrogens is 360 g/mol. The van der Waals surface area contributed by atoms with Crippen LogP contribution in [0.2, 0.25) is 0 Å². The van der Waals surface area contributed by atoms with Crippen LogP contribution in [0.15, 0.2) is 53.4 Å². The van der Waals surface area contributed by atoms with Gasteiger partial charge in [0.1, 0.15) is 5.75 Å². The second kappa shape index (κ2) is 8.45. The Balaban J connectivity index is 2.01. The molecule has 1 amide bonds. The van der Waals surface area contributed by atoms with E-state index in [4.69, 9.17) is 4.74 Å². The van der Waals surface area contributed by atoms with Crippen molar-refractivity contribution in [2.24, 2.45) is 0 Å². The van der Waals surface area contributed by atoms with Gasteiger partial charge in [-0.2, -0.15) is 0 Å². The Bertz CT molecular complexity index is 911. The maximum atomic E-state index is 12.3. The zero-order valence-electron chi connectivity index (χ0n) is 14.2. The summed E-state index contributed by atoms with van der Waals surface area (Å²) in [6, 6.07) is 12.6. The van der Waals surface area contributed by atoms with Gasteiger partial charge in [0.15, 0.2) is 6.61 Å². The van der Waals surface area contributed by atoms with Crippen molar-refractivity contribution in [2.45, 2.75) is 11.8 Å². The second-order valence-corrected chi connectivity index (χ2v) is 6.85. The molecule has 2 N–H and O–H groups in total. The van der Waals surface area contributed by atoms with E-state index < -0.39 is 21.9 Å². The zero-order chi connectivity index (χ0) is 19.2. The molecule has 0 unspecified atom stereocenters. The van der Waals surface area contributed by atoms with Crippen molar-refractivity contribution in [1.29, 1.82) is 0 Å². The van der Waals surface area contributed by atoms with Gasteiger partial charge >= 0.3 is 5.97 Å². The highest BCUT2D eigenvalue weighted by Crippen LogP contribution is 2.16. The van der Waals surface area contributed by atoms with Crippen LogP contribution in [0.5, 0.6) is 5.75 Å². The van der Waals surface area contributed by atoms with Crippen molar-refractivity contribution in [3.05, 3.63) is 59.7 Å². The van der Waals surface area contributed by atoms with Crippen LogP contribution in [0.4, 0.5) is 0 Å². The Kier molecular flexibility index (Phi) is 6.31. The standard InChI is InChI=1S/C17H18N2O6S/c1-12-7-3-5-9-14(12)25-11-16(20)18-19-26(22,23)15-10-6-4-8-13(15)17(21)24-2/h3-10,19H,11H2,1-2H3,(H,18,20). The number of nitrogens with one attached hydrogen (secondary N) is 2. The molecule has 0 aliphatic rings. The largest absolute Gasteiger partial charge is 0.483 e. The van der Waals surface area contributed by atoms with Crippen LogP contribution >= 0.6 is 0 Å². The van der Waals surface area contributed by atoms with E-state index in [0.717, 1.165) is 12.7 Å². The maximum absolute atomic E-state index is 12.3. The molecule has 0 bridgehead atoms. The molecule has 2 aromatic carbocycles. The van der Waals surface area contributed by atoms with Gasteiger partial charge in [0.25, 0.3) is 15.9 Å². The summed E-state index contributed by atoms with van der Waals surface area (Å²) in [7, 11) is -3.03. The molecule has 0 aliphatic carbocycles. The lowest BCUT2D eigenvalue weighted by Crippen LogP contribution is -2.44. The molecule has 0 aromatic heterocycles. The molecule has 26 heavy (non-hydrogen) atoms. The number of hydrazine groups is 1. The van der Waals surface area contributed by atoms with E-state index in [-0.39, 0.29) is 17.1 Å². The van der Waals surface area contributed by atoms with Gasteiger partial charge in [0.2, 0.25) is 0 Å². The van der Waals surface area contributed by atoms with E-state index in [1.54, 1.807) is 12.1 Å². The van der Waals surface area contributed by atoms with Gasteiger partial charge < -0.3 is 9.47 Å². The van der Waals surface area contributed by atoms with Crippen molar-refractivity contribution in [3.8, 4) is 5.75 Å². The SMILES string of the molecule is COC(=O)c1ccccc1S(=O)(=O)NNC(=O)COc1ccccc1C. The Morgan fingerprint density at radius 2 is 1.69 bits per heavy atom. The summed E-state index contributed by atoms with van der Waals surface area (Å²) < 4.78 is 34.5. The number of hydrogen-bond donors (Lipinski definition) is 2. The highest BCUT2D eigenvalue weighted by molar-refractivity contribution is 7.89. The van der Waals surface area contributed by atoms with E-state index in [2.05, 4.69) is 4.74 Å². The van der Waals surface area contributed by atoms with E-state index in [1.165, 1.54) is 24.3 Å². The third kappa shape index (κ3) is 4.80. The minimum absolute atomic E-state index is 0.145. The number of carbonyl (C=O) groups excluding carboxylic acids is 2. The van der Waals surface area contributed by atoms with Crippen molar-refractivity contribution >= 4 is 21.9 Å². The number of carbonyl (C=O) groups is 2. The van der Waals surface area contributed by atoms with Crippen LogP contribution in [0.1, 0.15) is 15.9 Å². The van der Waals surface area contributed by atoms with E-state index in [1.807, 2.05) is 29.3 Å². The summed E-state index contributed by atoms with van der Waals surface area (Å²) in [6.07, 6.45) is 0. The first kappa shape index (κ1) is 19.4. The first-order chi connectivity index (χ1) is 12.3. The topological polar surface area (TPSA) is 111 Å². The van der Waals surface area contributed by atoms with Crippen LogP contribution < -0.4 is 15.0 Å². The Morgan fingerprint density at radius 3 is 2.38 bits per heavy atom. The molecule has 0 spiro atoms. The van der Waals surface area contributed by atoms with Crippen molar-refractivity contribution < 1.29 is 27.5 Å². The molecule has 0 saturated carbocycles. The van der Waals surface area contributed by atoms with Gasteiger partial charge in [-0.1, -0.05) is 30.3 Å². The monoisotopic (exact) mass is 378 g/mol. The van der Waals surface area contributed by atoms with Gasteiger partial charge in [-0.3, -0.25) is 10.2 Å². The molecule has 0 aliphatic heterocycles. The number of hydrogen-bond acceptors (Lipinski definition) is 6. The van der Waals surface area contributed by atoms with Gasteiger partial charge in [-0.05, 0) is 30.7 Å². The second-order valence-electron chi connectivity index (χ2n) is 5.20. The third-order valence-electron chi connectivity index (χ3n) is 3.36. The van der Waals surface area contributed by atoms with Crippen molar-refractivity contribution in [2.75, 3.05) is 13.7 Å². The predicted octanol–water partition coefficient (Wildman–Crippen LogP) is 1.17. The summed E-state index contributed by atoms with van der Waals surface area (Å²) in [6.45, 7) is 1.44. The third-order valence-corrected chi connectivity index (χ3v) is 4.66. The van der Waals surface area contributed by atoms with E-state index in [0.29, 0.717) is 5.75 Å². The molecular formula is C17H18N2O6S. The highest BCUT2D eigenvalue weighted by Gasteiger charge is 2.23. The quantitative estimate of drug-likeness (QED) is 0.553. The summed E-state index contributed by atoms with van der Waals surface area (Å²) in [5, 5.41) is 0. The number of aryl methyl sites for hydroxylation is 1. The normalized spacial score (nSPS) is 10.8. The summed E-state index contributed by atoms with van der Waals surface area (Å²) in [5.41, 5.74) is 2.74. The van der Waals surface area contributed by atoms with Crippen LogP contribution in [-0.4, -0.2) is 34.0 Å². The molecule has 2 aromatic rings. The maximum Gasteiger partial charge on any atom is 0.339 e. The number of amides is 1. The number of ether oxygens (including phenoxy) is 2. The smallest absolute Gasteiger partial charge is 0.339 e. The van der Waals surface area contributed by atoms with Gasteiger partial charge in [0.05, 0.1) is 17.6 Å². The minimum Gasteiger partial charge on any atom is -0.483 e. The van der Waals surface area contributed by atoms with E-state index >= 15 is 0 Å². The van der Waals surface area contributed by atoms with Gasteiger partial charge in [-0.15, -0.1) is 4.83 Å². The number of benzene rings is 2. The number of esters is 1. The van der Waals surface area contributed by atoms with Gasteiger partial charge in [-0.25, -0.2) is 13.2 Å². The Morgan fingerprint density at radius 1 is 1.04 bits per heavy atom. The van der Waals surface area contributed by atoms with Crippen LogP contribution in [0.3, 0.4) is 0 Å². The fraction of sp³-hybridized carbons (Fsp3) is 0.176. The lowest BCUT2D eigenvalue weighted by molar-refractivity contribution is -0.123. The zero-order valence-corrected chi connectivity index (χ0v) is 15.0. The average molecular weight is 378 g/mol. The molecule has 0 saturated heterocycles. The molecule has 0 radical (unpaired) electrons. The molecule has 8 nitrogen and oxygen atoms in total. The first-order valence-corrected chi connectivity index (χ1v) is 9.00. The van der Waals surface area contributed by atoms with Crippen LogP contribution in [0.25, 0.3) is 0 Å². The lowest BCUT2D eigenvalue weighted by atomic mass is 10.2. The highest BCUT2D eigenvalue weighted by atomic mass is 32.2. The van der Waals surface area contributed by atoms with E-state index in [9.17, 15) is 18.0 Å². The van der Waals surface area contributed by atoms with Gasteiger partial charge in [0, 0.05) is 0 Å². The number of sulfonamides is 1. The molecule has 0 atom stereocenters. The Hall–Kier alpha value is -2.91. The van der Waals surface area contributed by atoms with Crippen LogP contribution in [0, 0.1) is 6.92 Å². The summed E-state index contributed by atoms with van der Waals surface area (Å²) in [5.74, 6) is -0.992. The molecule has 9 heteroatoms. The fourth-order valence-corrected chi connectivity index (χ4v) is 3.11. The number of methoxy groups -OCH3 is 1. The number of para-hydroxylation sites is 1. The summed E-state index contributed by atoms with van der Waals surface area (Å²) >= 11 is 0. The summed E-state index contributed by atoms with van der Waals surface area (Å²) in [4.78, 5) is 25.1. The molecule has 0 fully saturated rings.